The molecular formula is C11H10ClF3N2O4. The molecule has 0 aliphatic heterocycles. The molecule has 1 atom stereocenters. The van der Waals surface area contributed by atoms with Crippen molar-refractivity contribution in [2.45, 2.75) is 12.3 Å². The first-order valence-electron chi connectivity index (χ1n) is 5.43. The number of anilines is 1. The minimum atomic E-state index is -4.73. The molecule has 0 unspecified atom stereocenters. The lowest BCUT2D eigenvalue weighted by Gasteiger charge is -2.15. The molecule has 2 amide bonds. The quantitative estimate of drug-likeness (QED) is 0.679. The number of aliphatic carboxylic acids is 1. The van der Waals surface area contributed by atoms with Crippen LogP contribution in [0.4, 0.5) is 23.7 Å². The Hall–Kier alpha value is -2.00. The average Bonchev–Trinajstić information content (AvgIpc) is 2.36. The molecule has 6 nitrogen and oxygen atoms in total. The molecule has 0 aliphatic rings. The number of benzene rings is 1. The van der Waals surface area contributed by atoms with Crippen LogP contribution in [0.1, 0.15) is 5.56 Å². The fraction of sp³-hybridized carbons (Fsp3) is 0.273. The number of hydrogen-bond donors (Lipinski definition) is 4. The minimum absolute atomic E-state index is 0.158. The summed E-state index contributed by atoms with van der Waals surface area (Å²) in [6.07, 6.45) is -6.59. The number of rotatable bonds is 4. The van der Waals surface area contributed by atoms with Crippen molar-refractivity contribution in [1.29, 1.82) is 0 Å². The molecule has 0 saturated heterocycles. The van der Waals surface area contributed by atoms with Gasteiger partial charge in [0.05, 0.1) is 17.8 Å². The first-order valence-corrected chi connectivity index (χ1v) is 5.81. The Morgan fingerprint density at radius 2 is 1.95 bits per heavy atom. The Morgan fingerprint density at radius 1 is 1.33 bits per heavy atom. The first-order chi connectivity index (χ1) is 9.61. The number of halogens is 4. The van der Waals surface area contributed by atoms with Crippen LogP contribution in [-0.2, 0) is 11.0 Å². The van der Waals surface area contributed by atoms with E-state index >= 15 is 0 Å². The Balaban J connectivity index is 2.79. The summed E-state index contributed by atoms with van der Waals surface area (Å²) in [5.74, 6) is -1.57. The lowest BCUT2D eigenvalue weighted by molar-refractivity contribution is -0.146. The van der Waals surface area contributed by atoms with Crippen molar-refractivity contribution in [3.63, 3.8) is 0 Å². The number of alkyl halides is 3. The maximum Gasteiger partial charge on any atom is 0.418 e. The van der Waals surface area contributed by atoms with E-state index < -0.39 is 42.1 Å². The summed E-state index contributed by atoms with van der Waals surface area (Å²) in [6.45, 7) is -0.657. The lowest BCUT2D eigenvalue weighted by Crippen LogP contribution is -2.39. The molecule has 0 saturated carbocycles. The van der Waals surface area contributed by atoms with Crippen molar-refractivity contribution < 1.29 is 33.0 Å². The van der Waals surface area contributed by atoms with Crippen LogP contribution in [0.2, 0.25) is 5.02 Å². The van der Waals surface area contributed by atoms with Gasteiger partial charge in [-0.15, -0.1) is 0 Å². The summed E-state index contributed by atoms with van der Waals surface area (Å²) in [5, 5.41) is 21.0. The Kier molecular flexibility index (Phi) is 5.39. The molecule has 0 fully saturated rings. The molecule has 0 spiro atoms. The predicted octanol–water partition coefficient (Wildman–Crippen LogP) is 1.93. The van der Waals surface area contributed by atoms with Crippen LogP contribution in [0.15, 0.2) is 18.2 Å². The lowest BCUT2D eigenvalue weighted by atomic mass is 10.1. The van der Waals surface area contributed by atoms with Crippen LogP contribution in [0.25, 0.3) is 0 Å². The van der Waals surface area contributed by atoms with Crippen molar-refractivity contribution >= 4 is 29.3 Å². The van der Waals surface area contributed by atoms with Gasteiger partial charge in [-0.05, 0) is 18.2 Å². The predicted molar refractivity (Wildman–Crippen MR) is 67.1 cm³/mol. The number of hydrogen-bond acceptors (Lipinski definition) is 3. The molecule has 1 rings (SSSR count). The molecule has 116 valence electrons. The number of aliphatic hydroxyl groups excluding tert-OH is 1. The minimum Gasteiger partial charge on any atom is -0.479 e. The van der Waals surface area contributed by atoms with Crippen LogP contribution >= 0.6 is 11.6 Å². The normalized spacial score (nSPS) is 12.6. The van der Waals surface area contributed by atoms with Gasteiger partial charge in [0.25, 0.3) is 0 Å². The standard InChI is InChI=1S/C11H10ClF3N2O4/c12-5-1-2-7(6(3-5)11(13,14)15)17-10(21)16-4-8(18)9(19)20/h1-3,8,18H,4H2,(H,19,20)(H2,16,17,21)/t8-/m0/s1. The second kappa shape index (κ2) is 6.64. The van der Waals surface area contributed by atoms with Crippen LogP contribution in [-0.4, -0.2) is 34.9 Å². The van der Waals surface area contributed by atoms with Gasteiger partial charge >= 0.3 is 18.2 Å². The zero-order valence-corrected chi connectivity index (χ0v) is 11.0. The van der Waals surface area contributed by atoms with E-state index in [1.165, 1.54) is 0 Å². The Morgan fingerprint density at radius 3 is 2.48 bits per heavy atom. The van der Waals surface area contributed by atoms with Crippen molar-refractivity contribution in [2.75, 3.05) is 11.9 Å². The van der Waals surface area contributed by atoms with E-state index in [-0.39, 0.29) is 5.02 Å². The van der Waals surface area contributed by atoms with Crippen LogP contribution < -0.4 is 10.6 Å². The molecule has 0 heterocycles. The van der Waals surface area contributed by atoms with Gasteiger partial charge in [-0.1, -0.05) is 11.6 Å². The summed E-state index contributed by atoms with van der Waals surface area (Å²) < 4.78 is 38.3. The zero-order chi connectivity index (χ0) is 16.2. The number of nitrogens with one attached hydrogen (secondary N) is 2. The second-order valence-corrected chi connectivity index (χ2v) is 4.31. The van der Waals surface area contributed by atoms with Crippen LogP contribution in [0, 0.1) is 0 Å². The smallest absolute Gasteiger partial charge is 0.418 e. The highest BCUT2D eigenvalue weighted by molar-refractivity contribution is 6.30. The third-order valence-corrected chi connectivity index (χ3v) is 2.51. The molecule has 0 bridgehead atoms. The van der Waals surface area contributed by atoms with E-state index in [0.717, 1.165) is 12.1 Å². The maximum atomic E-state index is 12.8. The van der Waals surface area contributed by atoms with Crippen LogP contribution in [0.5, 0.6) is 0 Å². The SMILES string of the molecule is O=C(NC[C@H](O)C(=O)O)Nc1ccc(Cl)cc1C(F)(F)F. The average molecular weight is 327 g/mol. The largest absolute Gasteiger partial charge is 0.479 e. The van der Waals surface area contributed by atoms with Crippen molar-refractivity contribution in [1.82, 2.24) is 5.32 Å². The number of carboxylic acid groups (broad SMARTS) is 1. The molecule has 1 aromatic carbocycles. The highest BCUT2D eigenvalue weighted by atomic mass is 35.5. The van der Waals surface area contributed by atoms with Crippen LogP contribution in [0.3, 0.4) is 0 Å². The van der Waals surface area contributed by atoms with Crippen molar-refractivity contribution in [3.05, 3.63) is 28.8 Å². The number of amides is 2. The summed E-state index contributed by atoms with van der Waals surface area (Å²) >= 11 is 5.47. The van der Waals surface area contributed by atoms with E-state index in [9.17, 15) is 22.8 Å². The van der Waals surface area contributed by atoms with E-state index in [1.54, 1.807) is 0 Å². The van der Waals surface area contributed by atoms with E-state index in [1.807, 2.05) is 10.6 Å². The monoisotopic (exact) mass is 326 g/mol. The maximum absolute atomic E-state index is 12.8. The molecule has 10 heteroatoms. The summed E-state index contributed by atoms with van der Waals surface area (Å²) in [5.41, 5.74) is -1.70. The van der Waals surface area contributed by atoms with Gasteiger partial charge in [0.15, 0.2) is 6.10 Å². The van der Waals surface area contributed by atoms with Gasteiger partial charge in [0.1, 0.15) is 0 Å². The first kappa shape index (κ1) is 17.1. The third-order valence-electron chi connectivity index (χ3n) is 2.28. The fourth-order valence-corrected chi connectivity index (χ4v) is 1.48. The number of carbonyl (C=O) groups excluding carboxylic acids is 1. The van der Waals surface area contributed by atoms with Gasteiger partial charge < -0.3 is 20.8 Å². The Labute approximate surface area is 121 Å². The third kappa shape index (κ3) is 5.12. The number of aliphatic hydroxyl groups is 1. The zero-order valence-electron chi connectivity index (χ0n) is 10.2. The summed E-state index contributed by atoms with van der Waals surface area (Å²) in [4.78, 5) is 21.7. The topological polar surface area (TPSA) is 98.7 Å². The highest BCUT2D eigenvalue weighted by Gasteiger charge is 2.34. The van der Waals surface area contributed by atoms with E-state index in [2.05, 4.69) is 0 Å². The molecule has 21 heavy (non-hydrogen) atoms. The van der Waals surface area contributed by atoms with Crippen molar-refractivity contribution in [3.8, 4) is 0 Å². The van der Waals surface area contributed by atoms with Gasteiger partial charge in [0.2, 0.25) is 0 Å². The van der Waals surface area contributed by atoms with E-state index in [0.29, 0.717) is 6.07 Å². The number of carboxylic acids is 1. The number of carbonyl (C=O) groups is 2. The molecule has 1 aromatic rings. The number of urea groups is 1. The molecule has 0 aliphatic carbocycles. The molecule has 4 N–H and O–H groups in total. The molecule has 0 radical (unpaired) electrons. The summed E-state index contributed by atoms with van der Waals surface area (Å²) in [6, 6.07) is 1.66. The van der Waals surface area contributed by atoms with Crippen molar-refractivity contribution in [2.24, 2.45) is 0 Å². The van der Waals surface area contributed by atoms with Gasteiger partial charge in [-0.3, -0.25) is 0 Å². The van der Waals surface area contributed by atoms with Gasteiger partial charge in [0, 0.05) is 5.02 Å². The van der Waals surface area contributed by atoms with Gasteiger partial charge in [-0.2, -0.15) is 13.2 Å². The molecular weight excluding hydrogens is 317 g/mol. The summed E-state index contributed by atoms with van der Waals surface area (Å²) in [7, 11) is 0. The van der Waals surface area contributed by atoms with Gasteiger partial charge in [-0.25, -0.2) is 9.59 Å². The fourth-order valence-electron chi connectivity index (χ4n) is 1.30. The molecule has 0 aromatic heterocycles. The highest BCUT2D eigenvalue weighted by Crippen LogP contribution is 2.36. The van der Waals surface area contributed by atoms with E-state index in [4.69, 9.17) is 21.8 Å². The Bertz CT molecular complexity index is 551. The second-order valence-electron chi connectivity index (χ2n) is 3.88.